The van der Waals surface area contributed by atoms with Crippen molar-refractivity contribution in [2.24, 2.45) is 5.92 Å². The van der Waals surface area contributed by atoms with Crippen LogP contribution in [0.15, 0.2) is 48.9 Å². The number of carbonyl (C=O) groups excluding carboxylic acids is 3. The van der Waals surface area contributed by atoms with Gasteiger partial charge >= 0.3 is 24.3 Å². The molecule has 0 aliphatic carbocycles. The highest BCUT2D eigenvalue weighted by Gasteiger charge is 2.34. The quantitative estimate of drug-likeness (QED) is 0.0779. The minimum atomic E-state index is -4.61. The lowest BCUT2D eigenvalue weighted by atomic mass is 9.97. The van der Waals surface area contributed by atoms with E-state index in [1.807, 2.05) is 32.0 Å². The number of hydrogen-bond acceptors (Lipinski definition) is 11. The van der Waals surface area contributed by atoms with E-state index in [1.54, 1.807) is 50.3 Å². The van der Waals surface area contributed by atoms with Crippen molar-refractivity contribution in [2.45, 2.75) is 92.1 Å². The monoisotopic (exact) mass is 837 g/mol. The second-order valence-electron chi connectivity index (χ2n) is 15.5. The van der Waals surface area contributed by atoms with Crippen molar-refractivity contribution in [1.82, 2.24) is 29.6 Å². The highest BCUT2D eigenvalue weighted by molar-refractivity contribution is 6.03. The summed E-state index contributed by atoms with van der Waals surface area (Å²) < 4.78 is 80.6. The Balaban J connectivity index is 1.40. The van der Waals surface area contributed by atoms with Crippen molar-refractivity contribution >= 4 is 35.0 Å². The van der Waals surface area contributed by atoms with Gasteiger partial charge in [0.2, 0.25) is 12.7 Å². The van der Waals surface area contributed by atoms with Gasteiger partial charge in [0.05, 0.1) is 29.7 Å². The number of para-hydroxylation sites is 1. The number of methoxy groups -OCH3 is 1. The van der Waals surface area contributed by atoms with Crippen LogP contribution in [0.3, 0.4) is 0 Å². The number of hydrogen-bond donors (Lipinski definition) is 1. The molecular formula is C42H47F4N7O7. The first kappa shape index (κ1) is 43.4. The van der Waals surface area contributed by atoms with E-state index in [1.165, 1.54) is 19.4 Å². The van der Waals surface area contributed by atoms with Crippen molar-refractivity contribution < 1.29 is 50.9 Å². The molecule has 1 amide bonds. The van der Waals surface area contributed by atoms with E-state index in [0.717, 1.165) is 33.8 Å². The minimum Gasteiger partial charge on any atom is -0.492 e. The summed E-state index contributed by atoms with van der Waals surface area (Å²) in [7, 11) is 1.25. The lowest BCUT2D eigenvalue weighted by molar-refractivity contribution is -0.155. The number of benzene rings is 2. The second kappa shape index (κ2) is 17.2. The van der Waals surface area contributed by atoms with E-state index < -0.39 is 60.1 Å². The molecule has 320 valence electrons. The lowest BCUT2D eigenvalue weighted by Gasteiger charge is -2.27. The zero-order chi connectivity index (χ0) is 43.7. The second-order valence-corrected chi connectivity index (χ2v) is 15.5. The number of aryl methyl sites for hydroxylation is 2. The summed E-state index contributed by atoms with van der Waals surface area (Å²) in [4.78, 5) is 48.8. The molecule has 0 bridgehead atoms. The number of nitrogens with one attached hydrogen (secondary N) is 1. The zero-order valence-corrected chi connectivity index (χ0v) is 34.6. The third-order valence-electron chi connectivity index (χ3n) is 9.97. The van der Waals surface area contributed by atoms with Crippen LogP contribution in [0.25, 0.3) is 27.8 Å². The normalized spacial score (nSPS) is 13.6. The minimum absolute atomic E-state index is 0.00945. The number of carbonyl (C=O) groups is 3. The summed E-state index contributed by atoms with van der Waals surface area (Å²) in [6.07, 6.45) is -1.96. The number of ether oxygens (including phenoxy) is 4. The number of nitrogens with zero attached hydrogens (tertiary/aromatic N) is 6. The van der Waals surface area contributed by atoms with E-state index >= 15 is 4.39 Å². The Hall–Kier alpha value is -6.20. The van der Waals surface area contributed by atoms with Gasteiger partial charge in [0.1, 0.15) is 17.2 Å². The summed E-state index contributed by atoms with van der Waals surface area (Å²) in [5.41, 5.74) is 3.14. The van der Waals surface area contributed by atoms with Gasteiger partial charge in [-0.1, -0.05) is 45.9 Å². The van der Waals surface area contributed by atoms with Crippen LogP contribution in [0.1, 0.15) is 76.4 Å². The van der Waals surface area contributed by atoms with Crippen LogP contribution in [-0.4, -0.2) is 74.6 Å². The highest BCUT2D eigenvalue weighted by atomic mass is 19.4. The van der Waals surface area contributed by atoms with Gasteiger partial charge in [0.25, 0.3) is 0 Å². The number of alkyl halides is 3. The first-order chi connectivity index (χ1) is 28.4. The van der Waals surface area contributed by atoms with Gasteiger partial charge in [0.15, 0.2) is 11.6 Å². The van der Waals surface area contributed by atoms with Gasteiger partial charge in [-0.05, 0) is 62.8 Å². The van der Waals surface area contributed by atoms with Gasteiger partial charge in [-0.3, -0.25) is 0 Å². The van der Waals surface area contributed by atoms with E-state index in [0.29, 0.717) is 53.7 Å². The molecule has 0 unspecified atom stereocenters. The van der Waals surface area contributed by atoms with Crippen LogP contribution in [0.5, 0.6) is 5.75 Å². The number of amides is 1. The number of fused-ring (bicyclic) bond motifs is 2. The maximum Gasteiger partial charge on any atom is 0.421 e. The van der Waals surface area contributed by atoms with Gasteiger partial charge < -0.3 is 29.2 Å². The van der Waals surface area contributed by atoms with Crippen LogP contribution in [0, 0.1) is 11.7 Å². The molecule has 1 aliphatic rings. The molecule has 6 rings (SSSR count). The summed E-state index contributed by atoms with van der Waals surface area (Å²) in [6.45, 7) is 12.1. The summed E-state index contributed by atoms with van der Waals surface area (Å²) in [6, 6.07) is 7.71. The summed E-state index contributed by atoms with van der Waals surface area (Å²) >= 11 is 0. The first-order valence-corrected chi connectivity index (χ1v) is 19.4. The molecule has 1 N–H and O–H groups in total. The van der Waals surface area contributed by atoms with Gasteiger partial charge in [0, 0.05) is 54.6 Å². The molecule has 5 aromatic rings. The van der Waals surface area contributed by atoms with Crippen molar-refractivity contribution in [3.63, 3.8) is 0 Å². The number of anilines is 1. The number of alkyl carbamates (subject to hydrolysis) is 1. The van der Waals surface area contributed by atoms with Gasteiger partial charge in [-0.25, -0.2) is 38.0 Å². The zero-order valence-electron chi connectivity index (χ0n) is 34.6. The Bertz CT molecular complexity index is 2380. The number of esters is 1. The Morgan fingerprint density at radius 2 is 1.65 bits per heavy atom. The first-order valence-electron chi connectivity index (χ1n) is 19.4. The topological polar surface area (TPSA) is 152 Å². The third kappa shape index (κ3) is 8.86. The molecule has 0 saturated carbocycles. The fourth-order valence-electron chi connectivity index (χ4n) is 7.14. The van der Waals surface area contributed by atoms with E-state index in [2.05, 4.69) is 15.3 Å². The fraction of sp³-hybridized carbons (Fsp3) is 0.429. The molecule has 4 heterocycles. The molecule has 14 nitrogen and oxygen atoms in total. The predicted octanol–water partition coefficient (Wildman–Crippen LogP) is 8.17. The molecule has 0 saturated heterocycles. The molecule has 18 heteroatoms. The third-order valence-corrected chi connectivity index (χ3v) is 9.97. The molecular weight excluding hydrogens is 790 g/mol. The van der Waals surface area contributed by atoms with Gasteiger partial charge in [-0.15, -0.1) is 0 Å². The van der Waals surface area contributed by atoms with Crippen LogP contribution < -0.4 is 15.0 Å². The van der Waals surface area contributed by atoms with E-state index in [9.17, 15) is 27.6 Å². The van der Waals surface area contributed by atoms with Crippen molar-refractivity contribution in [1.29, 1.82) is 0 Å². The summed E-state index contributed by atoms with van der Waals surface area (Å²) in [5.74, 6) is -2.29. The Morgan fingerprint density at radius 1 is 0.983 bits per heavy atom. The largest absolute Gasteiger partial charge is 0.492 e. The molecule has 1 atom stereocenters. The standard InChI is InChI=1S/C42H47F4N7O7/c1-9-24-12-11-13-25(10-2)33(24)53-34(29-21-51(16-15-31(29)50-53)38-47-19-26(20-48-38)42(44,45)46)28-18-30(43)36(57-8)35-27(28)14-17-52(35)40(56)59-22-58-37(54)32(23(3)4)49-39(55)60-41(5,6)7/h11-14,17-20,23,32H,9-10,15-16,21-22H2,1-8H3,(H,49,55)/t32-/m0/s1. The summed E-state index contributed by atoms with van der Waals surface area (Å²) in [5, 5.41) is 7.95. The molecule has 0 spiro atoms. The maximum absolute atomic E-state index is 16.4. The SMILES string of the molecule is CCc1cccc(CC)c1-n1nc2c(c1-c1cc(F)c(OC)c3c1ccn3C(=O)OCOC(=O)[C@@H](NC(=O)OC(C)(C)C)C(C)C)CN(c1ncc(C(F)(F)F)cn1)CC2. The van der Waals surface area contributed by atoms with Crippen molar-refractivity contribution in [2.75, 3.05) is 25.3 Å². The number of rotatable bonds is 11. The maximum atomic E-state index is 16.4. The smallest absolute Gasteiger partial charge is 0.421 e. The number of aromatic nitrogens is 5. The van der Waals surface area contributed by atoms with Crippen LogP contribution in [0.2, 0.25) is 0 Å². The Morgan fingerprint density at radius 3 is 2.23 bits per heavy atom. The average Bonchev–Trinajstić information content (AvgIpc) is 3.80. The van der Waals surface area contributed by atoms with E-state index in [4.69, 9.17) is 24.0 Å². The number of halogens is 4. The molecule has 0 fully saturated rings. The predicted molar refractivity (Wildman–Crippen MR) is 212 cm³/mol. The lowest BCUT2D eigenvalue weighted by Crippen LogP contribution is -2.47. The van der Waals surface area contributed by atoms with Gasteiger partial charge in [-0.2, -0.15) is 18.3 Å². The Labute approximate surface area is 343 Å². The van der Waals surface area contributed by atoms with Crippen LogP contribution in [-0.2, 0) is 51.0 Å². The van der Waals surface area contributed by atoms with Crippen LogP contribution in [0.4, 0.5) is 33.1 Å². The Kier molecular flexibility index (Phi) is 12.4. The molecule has 1 aliphatic heterocycles. The fourth-order valence-corrected chi connectivity index (χ4v) is 7.14. The van der Waals surface area contributed by atoms with Crippen LogP contribution >= 0.6 is 0 Å². The van der Waals surface area contributed by atoms with E-state index in [-0.39, 0.29) is 23.8 Å². The van der Waals surface area contributed by atoms with Crippen molar-refractivity contribution in [3.05, 3.63) is 82.7 Å². The molecule has 3 aromatic heterocycles. The molecule has 2 aromatic carbocycles. The molecule has 0 radical (unpaired) electrons. The average molecular weight is 838 g/mol. The molecule has 60 heavy (non-hydrogen) atoms. The van der Waals surface area contributed by atoms with Crippen molar-refractivity contribution in [3.8, 4) is 22.7 Å². The highest BCUT2D eigenvalue weighted by Crippen LogP contribution is 2.43.